The largest absolute Gasteiger partial charge is 0.399 e. The maximum Gasteiger partial charge on any atom is 0.216 e. The SMILES string of the molecule is CCC(NS(=O)(=O)Cc1ccc(N)cc1)c1cccs1. The predicted molar refractivity (Wildman–Crippen MR) is 84.0 cm³/mol. The van der Waals surface area contributed by atoms with Crippen LogP contribution in [-0.4, -0.2) is 8.42 Å². The summed E-state index contributed by atoms with van der Waals surface area (Å²) in [6, 6.07) is 10.6. The van der Waals surface area contributed by atoms with E-state index in [1.165, 1.54) is 0 Å². The van der Waals surface area contributed by atoms with Gasteiger partial charge in [0.15, 0.2) is 0 Å². The van der Waals surface area contributed by atoms with Crippen molar-refractivity contribution >= 4 is 27.0 Å². The van der Waals surface area contributed by atoms with E-state index in [2.05, 4.69) is 4.72 Å². The molecule has 20 heavy (non-hydrogen) atoms. The van der Waals surface area contributed by atoms with Gasteiger partial charge in [-0.25, -0.2) is 13.1 Å². The van der Waals surface area contributed by atoms with Crippen molar-refractivity contribution in [3.8, 4) is 0 Å². The summed E-state index contributed by atoms with van der Waals surface area (Å²) in [7, 11) is -3.37. The smallest absolute Gasteiger partial charge is 0.216 e. The first-order valence-corrected chi connectivity index (χ1v) is 8.91. The van der Waals surface area contributed by atoms with Gasteiger partial charge in [-0.05, 0) is 35.6 Å². The quantitative estimate of drug-likeness (QED) is 0.806. The molecule has 4 nitrogen and oxygen atoms in total. The Morgan fingerprint density at radius 3 is 2.50 bits per heavy atom. The molecular weight excluding hydrogens is 292 g/mol. The van der Waals surface area contributed by atoms with Crippen LogP contribution in [0.3, 0.4) is 0 Å². The second-order valence-electron chi connectivity index (χ2n) is 4.59. The molecule has 1 unspecified atom stereocenters. The van der Waals surface area contributed by atoms with Gasteiger partial charge >= 0.3 is 0 Å². The molecule has 0 fully saturated rings. The molecule has 0 aliphatic carbocycles. The third kappa shape index (κ3) is 4.06. The zero-order valence-electron chi connectivity index (χ0n) is 11.2. The van der Waals surface area contributed by atoms with E-state index in [4.69, 9.17) is 5.73 Å². The lowest BCUT2D eigenvalue weighted by atomic mass is 10.2. The monoisotopic (exact) mass is 310 g/mol. The van der Waals surface area contributed by atoms with Gasteiger partial charge < -0.3 is 5.73 Å². The highest BCUT2D eigenvalue weighted by Gasteiger charge is 2.19. The fourth-order valence-electron chi connectivity index (χ4n) is 1.92. The molecule has 2 rings (SSSR count). The number of rotatable bonds is 6. The number of nitrogen functional groups attached to an aromatic ring is 1. The maximum atomic E-state index is 12.2. The molecular formula is C14H18N2O2S2. The lowest BCUT2D eigenvalue weighted by Gasteiger charge is -2.15. The van der Waals surface area contributed by atoms with Crippen LogP contribution in [-0.2, 0) is 15.8 Å². The minimum absolute atomic E-state index is 0.0326. The molecule has 0 radical (unpaired) electrons. The molecule has 2 aromatic rings. The summed E-state index contributed by atoms with van der Waals surface area (Å²) in [5, 5.41) is 1.95. The van der Waals surface area contributed by atoms with Crippen LogP contribution in [0.2, 0.25) is 0 Å². The number of hydrogen-bond donors (Lipinski definition) is 2. The lowest BCUT2D eigenvalue weighted by molar-refractivity contribution is 0.552. The number of anilines is 1. The van der Waals surface area contributed by atoms with Crippen molar-refractivity contribution < 1.29 is 8.42 Å². The Kier molecular flexibility index (Phi) is 4.80. The van der Waals surface area contributed by atoms with Crippen molar-refractivity contribution in [2.45, 2.75) is 25.1 Å². The summed E-state index contributed by atoms with van der Waals surface area (Å²) in [6.45, 7) is 1.97. The first-order chi connectivity index (χ1) is 9.50. The molecule has 3 N–H and O–H groups in total. The van der Waals surface area contributed by atoms with E-state index in [-0.39, 0.29) is 11.8 Å². The maximum absolute atomic E-state index is 12.2. The number of benzene rings is 1. The normalized spacial score (nSPS) is 13.2. The van der Waals surface area contributed by atoms with E-state index >= 15 is 0 Å². The molecule has 0 aliphatic heterocycles. The lowest BCUT2D eigenvalue weighted by Crippen LogP contribution is -2.29. The van der Waals surface area contributed by atoms with Crippen LogP contribution < -0.4 is 10.5 Å². The van der Waals surface area contributed by atoms with Gasteiger partial charge in [-0.3, -0.25) is 0 Å². The molecule has 0 saturated heterocycles. The zero-order chi connectivity index (χ0) is 14.6. The third-order valence-electron chi connectivity index (χ3n) is 2.95. The van der Waals surface area contributed by atoms with Gasteiger partial charge in [0.1, 0.15) is 0 Å². The van der Waals surface area contributed by atoms with E-state index in [1.807, 2.05) is 24.4 Å². The van der Waals surface area contributed by atoms with E-state index in [1.54, 1.807) is 35.6 Å². The van der Waals surface area contributed by atoms with Crippen LogP contribution in [0, 0.1) is 0 Å². The minimum Gasteiger partial charge on any atom is -0.399 e. The molecule has 0 saturated carbocycles. The van der Waals surface area contributed by atoms with E-state index in [0.717, 1.165) is 16.9 Å². The summed E-state index contributed by atoms with van der Waals surface area (Å²) in [5.41, 5.74) is 6.95. The van der Waals surface area contributed by atoms with Gasteiger partial charge in [-0.15, -0.1) is 11.3 Å². The third-order valence-corrected chi connectivity index (χ3v) is 5.30. The minimum atomic E-state index is -3.37. The summed E-state index contributed by atoms with van der Waals surface area (Å²) < 4.78 is 27.2. The summed E-state index contributed by atoms with van der Waals surface area (Å²) in [5.74, 6) is -0.0326. The van der Waals surface area contributed by atoms with Gasteiger partial charge in [0.2, 0.25) is 10.0 Å². The first-order valence-electron chi connectivity index (χ1n) is 6.38. The summed E-state index contributed by atoms with van der Waals surface area (Å²) >= 11 is 1.56. The van der Waals surface area contributed by atoms with Crippen molar-refractivity contribution in [3.05, 3.63) is 52.2 Å². The van der Waals surface area contributed by atoms with Gasteiger partial charge in [0.25, 0.3) is 0 Å². The van der Waals surface area contributed by atoms with Crippen molar-refractivity contribution in [1.82, 2.24) is 4.72 Å². The fraction of sp³-hybridized carbons (Fsp3) is 0.286. The van der Waals surface area contributed by atoms with Crippen molar-refractivity contribution in [2.24, 2.45) is 0 Å². The summed E-state index contributed by atoms with van der Waals surface area (Å²) in [6.07, 6.45) is 0.724. The van der Waals surface area contributed by atoms with Gasteiger partial charge in [-0.2, -0.15) is 0 Å². The van der Waals surface area contributed by atoms with Crippen molar-refractivity contribution in [3.63, 3.8) is 0 Å². The predicted octanol–water partition coefficient (Wildman–Crippen LogP) is 2.90. The van der Waals surface area contributed by atoms with Crippen LogP contribution >= 0.6 is 11.3 Å². The Morgan fingerprint density at radius 1 is 1.25 bits per heavy atom. The molecule has 0 aliphatic rings. The highest BCUT2D eigenvalue weighted by Crippen LogP contribution is 2.23. The fourth-order valence-corrected chi connectivity index (χ4v) is 4.30. The molecule has 108 valence electrons. The van der Waals surface area contributed by atoms with Crippen molar-refractivity contribution in [2.75, 3.05) is 5.73 Å². The number of hydrogen-bond acceptors (Lipinski definition) is 4. The molecule has 1 atom stereocenters. The average Bonchev–Trinajstić information content (AvgIpc) is 2.92. The van der Waals surface area contributed by atoms with Gasteiger partial charge in [0, 0.05) is 10.6 Å². The number of nitrogens with one attached hydrogen (secondary N) is 1. The Hall–Kier alpha value is -1.37. The molecule has 0 amide bonds. The molecule has 1 aromatic heterocycles. The van der Waals surface area contributed by atoms with Gasteiger partial charge in [0.05, 0.1) is 11.8 Å². The highest BCUT2D eigenvalue weighted by atomic mass is 32.2. The Balaban J connectivity index is 2.08. The topological polar surface area (TPSA) is 72.2 Å². The molecule has 1 aromatic carbocycles. The number of nitrogens with two attached hydrogens (primary N) is 1. The molecule has 0 spiro atoms. The van der Waals surface area contributed by atoms with E-state index in [0.29, 0.717) is 5.69 Å². The Morgan fingerprint density at radius 2 is 1.95 bits per heavy atom. The number of sulfonamides is 1. The molecule has 0 bridgehead atoms. The van der Waals surface area contributed by atoms with Crippen LogP contribution in [0.25, 0.3) is 0 Å². The van der Waals surface area contributed by atoms with E-state index in [9.17, 15) is 8.42 Å². The number of thiophene rings is 1. The standard InChI is InChI=1S/C14H18N2O2S2/c1-2-13(14-4-3-9-19-14)16-20(17,18)10-11-5-7-12(15)8-6-11/h3-9,13,16H,2,10,15H2,1H3. The second-order valence-corrected chi connectivity index (χ2v) is 7.33. The van der Waals surface area contributed by atoms with Crippen molar-refractivity contribution in [1.29, 1.82) is 0 Å². The van der Waals surface area contributed by atoms with Crippen LogP contribution in [0.1, 0.15) is 29.8 Å². The van der Waals surface area contributed by atoms with Crippen LogP contribution in [0.4, 0.5) is 5.69 Å². The van der Waals surface area contributed by atoms with Crippen LogP contribution in [0.15, 0.2) is 41.8 Å². The molecule has 1 heterocycles. The Labute approximate surface area is 123 Å². The highest BCUT2D eigenvalue weighted by molar-refractivity contribution is 7.88. The summed E-state index contributed by atoms with van der Waals surface area (Å²) in [4.78, 5) is 1.04. The van der Waals surface area contributed by atoms with Crippen LogP contribution in [0.5, 0.6) is 0 Å². The second kappa shape index (κ2) is 6.39. The zero-order valence-corrected chi connectivity index (χ0v) is 12.9. The van der Waals surface area contributed by atoms with Gasteiger partial charge in [-0.1, -0.05) is 25.1 Å². The Bertz CT molecular complexity index is 634. The first kappa shape index (κ1) is 15.0. The van der Waals surface area contributed by atoms with E-state index < -0.39 is 10.0 Å². The molecule has 6 heteroatoms. The average molecular weight is 310 g/mol.